The third kappa shape index (κ3) is 5.72. The fourth-order valence-electron chi connectivity index (χ4n) is 10.2. The van der Waals surface area contributed by atoms with E-state index in [-0.39, 0.29) is 0 Å². The van der Waals surface area contributed by atoms with Crippen molar-refractivity contribution in [3.63, 3.8) is 0 Å². The van der Waals surface area contributed by atoms with Gasteiger partial charge in [-0.05, 0) is 110 Å². The molecule has 12 aromatic carbocycles. The van der Waals surface area contributed by atoms with Crippen LogP contribution in [0.4, 0.5) is 0 Å². The van der Waals surface area contributed by atoms with Gasteiger partial charge >= 0.3 is 0 Å². The zero-order chi connectivity index (χ0) is 42.1. The summed E-state index contributed by atoms with van der Waals surface area (Å²) in [5, 5.41) is 17.0. The van der Waals surface area contributed by atoms with Crippen molar-refractivity contribution in [3.8, 4) is 56.4 Å². The highest BCUT2D eigenvalue weighted by Gasteiger charge is 2.21. The van der Waals surface area contributed by atoms with Crippen molar-refractivity contribution in [2.45, 2.75) is 0 Å². The maximum atomic E-state index is 5.42. The number of hydrogen-bond donors (Lipinski definition) is 0. The minimum Gasteiger partial charge on any atom is -0.208 e. The summed E-state index contributed by atoms with van der Waals surface area (Å²) in [5.74, 6) is 1.88. The van der Waals surface area contributed by atoms with Crippen LogP contribution in [0.1, 0.15) is 0 Å². The Hall–Kier alpha value is -8.53. The first kappa shape index (κ1) is 36.2. The lowest BCUT2D eigenvalue weighted by Crippen LogP contribution is -2.02. The van der Waals surface area contributed by atoms with Crippen LogP contribution >= 0.6 is 0 Å². The molecular formula is C61H37N3. The van der Waals surface area contributed by atoms with Gasteiger partial charge in [0.25, 0.3) is 0 Å². The van der Waals surface area contributed by atoms with Gasteiger partial charge in [0.1, 0.15) is 0 Å². The summed E-state index contributed by atoms with van der Waals surface area (Å²) in [5.41, 5.74) is 7.38. The van der Waals surface area contributed by atoms with Crippen LogP contribution in [-0.2, 0) is 0 Å². The average molecular weight is 812 g/mol. The third-order valence-corrected chi connectivity index (χ3v) is 13.1. The maximum Gasteiger partial charge on any atom is 0.164 e. The van der Waals surface area contributed by atoms with E-state index in [1.165, 1.54) is 75.6 Å². The minimum absolute atomic E-state index is 0.621. The molecule has 0 radical (unpaired) electrons. The number of aromatic nitrogens is 3. The van der Waals surface area contributed by atoms with E-state index in [2.05, 4.69) is 224 Å². The molecule has 0 unspecified atom stereocenters. The molecule has 0 amide bonds. The Morgan fingerprint density at radius 1 is 0.219 bits per heavy atom. The first-order valence-corrected chi connectivity index (χ1v) is 21.9. The lowest BCUT2D eigenvalue weighted by atomic mass is 9.89. The Balaban J connectivity index is 1.06. The fraction of sp³-hybridized carbons (Fsp3) is 0. The van der Waals surface area contributed by atoms with Crippen molar-refractivity contribution in [1.29, 1.82) is 0 Å². The molecule has 1 aromatic heterocycles. The second-order valence-electron chi connectivity index (χ2n) is 16.6. The van der Waals surface area contributed by atoms with Crippen molar-refractivity contribution < 1.29 is 0 Å². The molecule has 0 aliphatic carbocycles. The number of benzene rings is 12. The highest BCUT2D eigenvalue weighted by Crippen LogP contribution is 2.44. The van der Waals surface area contributed by atoms with Crippen LogP contribution in [0.2, 0.25) is 0 Å². The summed E-state index contributed by atoms with van der Waals surface area (Å²) in [7, 11) is 0. The van der Waals surface area contributed by atoms with Crippen LogP contribution in [0.15, 0.2) is 224 Å². The Morgan fingerprint density at radius 3 is 1.45 bits per heavy atom. The van der Waals surface area contributed by atoms with Crippen LogP contribution in [0.25, 0.3) is 132 Å². The van der Waals surface area contributed by atoms with E-state index in [1.54, 1.807) is 0 Å². The molecule has 13 aromatic rings. The van der Waals surface area contributed by atoms with Gasteiger partial charge in [0, 0.05) is 16.7 Å². The molecule has 13 rings (SSSR count). The van der Waals surface area contributed by atoms with Gasteiger partial charge in [-0.25, -0.2) is 15.0 Å². The van der Waals surface area contributed by atoms with Gasteiger partial charge in [0.05, 0.1) is 0 Å². The van der Waals surface area contributed by atoms with Gasteiger partial charge in [-0.1, -0.05) is 212 Å². The monoisotopic (exact) mass is 811 g/mol. The molecule has 1 heterocycles. The minimum atomic E-state index is 0.621. The van der Waals surface area contributed by atoms with Crippen molar-refractivity contribution in [2.24, 2.45) is 0 Å². The van der Waals surface area contributed by atoms with E-state index in [0.717, 1.165) is 38.8 Å². The predicted molar refractivity (Wildman–Crippen MR) is 270 cm³/mol. The summed E-state index contributed by atoms with van der Waals surface area (Å²) in [6.45, 7) is 0. The van der Waals surface area contributed by atoms with Crippen molar-refractivity contribution in [2.75, 3.05) is 0 Å². The first-order valence-electron chi connectivity index (χ1n) is 21.9. The van der Waals surface area contributed by atoms with Crippen LogP contribution in [-0.4, -0.2) is 15.0 Å². The molecule has 0 atom stereocenters. The standard InChI is InChI=1S/C61H37N3/c1-2-16-38(17-3-1)43-20-8-15-29-53(43)60-62-59(41-32-30-40(31-33-41)57-45-22-7-5-19-42(45)36-54-44-21-6-4-18-39(44)34-35-52(54)57)63-61(64-60)56-37-55-48-25-10-9-23-46(48)47-24-11-13-27-50(47)58(55)51-28-14-12-26-49(51)56/h1-37H. The van der Waals surface area contributed by atoms with Gasteiger partial charge < -0.3 is 0 Å². The SMILES string of the molecule is c1ccc(-c2ccccc2-c2nc(-c3ccc(-c4c5ccccc5cc5c4ccc4ccccc45)cc3)nc(-c3cc4c5ccccc5c5ccccc5c4c4ccccc34)n2)cc1. The number of fused-ring (bicyclic) bond motifs is 12. The van der Waals surface area contributed by atoms with E-state index in [0.29, 0.717) is 17.5 Å². The van der Waals surface area contributed by atoms with Crippen LogP contribution < -0.4 is 0 Å². The van der Waals surface area contributed by atoms with E-state index >= 15 is 0 Å². The largest absolute Gasteiger partial charge is 0.208 e. The molecule has 3 heteroatoms. The Labute approximate surface area is 369 Å². The summed E-state index contributed by atoms with van der Waals surface area (Å²) in [6, 6.07) is 80.5. The van der Waals surface area contributed by atoms with E-state index < -0.39 is 0 Å². The normalized spacial score (nSPS) is 11.8. The molecule has 0 N–H and O–H groups in total. The zero-order valence-corrected chi connectivity index (χ0v) is 34.7. The van der Waals surface area contributed by atoms with E-state index in [9.17, 15) is 0 Å². The Kier molecular flexibility index (Phi) is 8.22. The van der Waals surface area contributed by atoms with Crippen LogP contribution in [0.5, 0.6) is 0 Å². The summed E-state index contributed by atoms with van der Waals surface area (Å²) >= 11 is 0. The van der Waals surface area contributed by atoms with Crippen molar-refractivity contribution in [3.05, 3.63) is 224 Å². The first-order chi connectivity index (χ1) is 31.7. The highest BCUT2D eigenvalue weighted by molar-refractivity contribution is 6.33. The second kappa shape index (κ2) is 14.5. The topological polar surface area (TPSA) is 38.7 Å². The molecule has 64 heavy (non-hydrogen) atoms. The zero-order valence-electron chi connectivity index (χ0n) is 34.7. The highest BCUT2D eigenvalue weighted by atomic mass is 15.0. The third-order valence-electron chi connectivity index (χ3n) is 13.1. The fourth-order valence-corrected chi connectivity index (χ4v) is 10.2. The molecule has 296 valence electrons. The second-order valence-corrected chi connectivity index (χ2v) is 16.6. The lowest BCUT2D eigenvalue weighted by Gasteiger charge is -2.17. The number of hydrogen-bond acceptors (Lipinski definition) is 3. The van der Waals surface area contributed by atoms with Gasteiger partial charge in [-0.15, -0.1) is 0 Å². The molecule has 0 bridgehead atoms. The van der Waals surface area contributed by atoms with Crippen molar-refractivity contribution in [1.82, 2.24) is 15.0 Å². The molecule has 3 nitrogen and oxygen atoms in total. The quantitative estimate of drug-likeness (QED) is 0.128. The molecule has 0 fully saturated rings. The van der Waals surface area contributed by atoms with E-state index in [1.807, 2.05) is 0 Å². The number of rotatable bonds is 5. The molecule has 0 saturated heterocycles. The summed E-state index contributed by atoms with van der Waals surface area (Å²) in [4.78, 5) is 16.2. The molecule has 0 spiro atoms. The molecule has 0 aliphatic rings. The van der Waals surface area contributed by atoms with Gasteiger partial charge in [-0.2, -0.15) is 0 Å². The average Bonchev–Trinajstić information content (AvgIpc) is 3.38. The van der Waals surface area contributed by atoms with Crippen LogP contribution in [0, 0.1) is 0 Å². The molecule has 0 aliphatic heterocycles. The van der Waals surface area contributed by atoms with Gasteiger partial charge in [-0.3, -0.25) is 0 Å². The lowest BCUT2D eigenvalue weighted by molar-refractivity contribution is 1.08. The van der Waals surface area contributed by atoms with E-state index in [4.69, 9.17) is 15.0 Å². The number of nitrogens with zero attached hydrogens (tertiary/aromatic N) is 3. The summed E-state index contributed by atoms with van der Waals surface area (Å²) < 4.78 is 0. The van der Waals surface area contributed by atoms with Crippen molar-refractivity contribution >= 4 is 75.4 Å². The molecular weight excluding hydrogens is 775 g/mol. The predicted octanol–water partition coefficient (Wildman–Crippen LogP) is 16.3. The Bertz CT molecular complexity index is 4000. The van der Waals surface area contributed by atoms with Gasteiger partial charge in [0.15, 0.2) is 17.5 Å². The van der Waals surface area contributed by atoms with Crippen LogP contribution in [0.3, 0.4) is 0 Å². The smallest absolute Gasteiger partial charge is 0.164 e. The van der Waals surface area contributed by atoms with Gasteiger partial charge in [0.2, 0.25) is 0 Å². The summed E-state index contributed by atoms with van der Waals surface area (Å²) in [6.07, 6.45) is 0. The maximum absolute atomic E-state index is 5.42. The Morgan fingerprint density at radius 2 is 0.719 bits per heavy atom. The molecule has 0 saturated carbocycles.